The van der Waals surface area contributed by atoms with Gasteiger partial charge in [0.2, 0.25) is 0 Å². The maximum Gasteiger partial charge on any atom is 0.255 e. The van der Waals surface area contributed by atoms with Gasteiger partial charge in [0.15, 0.2) is 17.4 Å². The molecule has 5 rings (SSSR count). The molecule has 0 spiro atoms. The minimum atomic E-state index is -1.34. The number of anilines is 2. The number of carbonyl (C=O) groups excluding carboxylic acids is 2. The van der Waals surface area contributed by atoms with Crippen molar-refractivity contribution in [1.29, 1.82) is 0 Å². The lowest BCUT2D eigenvalue weighted by molar-refractivity contribution is 0.101. The van der Waals surface area contributed by atoms with Crippen LogP contribution in [0.15, 0.2) is 60.8 Å². The van der Waals surface area contributed by atoms with Crippen molar-refractivity contribution in [2.24, 2.45) is 0 Å². The molecule has 1 aliphatic rings. The highest BCUT2D eigenvalue weighted by atomic mass is 19.2. The van der Waals surface area contributed by atoms with Crippen LogP contribution in [-0.4, -0.2) is 48.0 Å². The molecule has 3 aromatic carbocycles. The number of benzene rings is 3. The monoisotopic (exact) mass is 492 g/mol. The Kier molecular flexibility index (Phi) is 6.34. The van der Waals surface area contributed by atoms with Crippen LogP contribution < -0.4 is 10.2 Å². The summed E-state index contributed by atoms with van der Waals surface area (Å²) in [4.78, 5) is 36.5. The Bertz CT molecular complexity index is 1470. The summed E-state index contributed by atoms with van der Waals surface area (Å²) >= 11 is 0. The zero-order valence-corrected chi connectivity index (χ0v) is 18.8. The molecule has 182 valence electrons. The van der Waals surface area contributed by atoms with E-state index in [2.05, 4.69) is 15.3 Å². The third kappa shape index (κ3) is 4.76. The van der Waals surface area contributed by atoms with E-state index in [9.17, 15) is 22.8 Å². The molecule has 0 radical (unpaired) electrons. The van der Waals surface area contributed by atoms with Gasteiger partial charge < -0.3 is 15.0 Å². The summed E-state index contributed by atoms with van der Waals surface area (Å²) in [6, 6.07) is 11.0. The molecule has 1 aromatic heterocycles. The fourth-order valence-electron chi connectivity index (χ4n) is 3.87. The first kappa shape index (κ1) is 23.4. The number of amides is 1. The van der Waals surface area contributed by atoms with E-state index in [1.807, 2.05) is 4.90 Å². The van der Waals surface area contributed by atoms with Gasteiger partial charge in [-0.25, -0.2) is 18.2 Å². The van der Waals surface area contributed by atoms with E-state index in [-0.39, 0.29) is 16.8 Å². The maximum atomic E-state index is 14.6. The quantitative estimate of drug-likeness (QED) is 0.417. The van der Waals surface area contributed by atoms with Crippen LogP contribution in [0.3, 0.4) is 0 Å². The number of fused-ring (bicyclic) bond motifs is 1. The van der Waals surface area contributed by atoms with Gasteiger partial charge in [0.05, 0.1) is 36.0 Å². The number of ether oxygens (including phenoxy) is 1. The molecule has 2 heterocycles. The number of nitrogens with zero attached hydrogens (tertiary/aromatic N) is 3. The Hall–Kier alpha value is -4.31. The summed E-state index contributed by atoms with van der Waals surface area (Å²) in [5.41, 5.74) is 0.472. The first-order chi connectivity index (χ1) is 17.4. The first-order valence-corrected chi connectivity index (χ1v) is 11.1. The van der Waals surface area contributed by atoms with Crippen molar-refractivity contribution >= 4 is 34.2 Å². The van der Waals surface area contributed by atoms with Gasteiger partial charge in [0.1, 0.15) is 11.6 Å². The summed E-state index contributed by atoms with van der Waals surface area (Å²) in [5, 5.41) is 2.41. The number of nitrogens with one attached hydrogen (secondary N) is 1. The highest BCUT2D eigenvalue weighted by Gasteiger charge is 2.21. The molecule has 7 nitrogen and oxygen atoms in total. The van der Waals surface area contributed by atoms with Crippen LogP contribution in [0.5, 0.6) is 0 Å². The highest BCUT2D eigenvalue weighted by Crippen LogP contribution is 2.24. The lowest BCUT2D eigenvalue weighted by atomic mass is 10.0. The van der Waals surface area contributed by atoms with Gasteiger partial charge in [-0.3, -0.25) is 14.6 Å². The Morgan fingerprint density at radius 3 is 2.36 bits per heavy atom. The van der Waals surface area contributed by atoms with Gasteiger partial charge in [-0.15, -0.1) is 0 Å². The number of rotatable bonds is 5. The molecule has 1 saturated heterocycles. The van der Waals surface area contributed by atoms with Gasteiger partial charge in [0.25, 0.3) is 5.91 Å². The summed E-state index contributed by atoms with van der Waals surface area (Å²) in [5.74, 6) is -4.00. The minimum absolute atomic E-state index is 0.0799. The Morgan fingerprint density at radius 1 is 0.889 bits per heavy atom. The second-order valence-electron chi connectivity index (χ2n) is 8.14. The summed E-state index contributed by atoms with van der Waals surface area (Å²) in [7, 11) is 0. The van der Waals surface area contributed by atoms with Crippen molar-refractivity contribution in [2.45, 2.75) is 0 Å². The molecule has 0 saturated carbocycles. The molecule has 1 aliphatic heterocycles. The lowest BCUT2D eigenvalue weighted by Crippen LogP contribution is -2.36. The van der Waals surface area contributed by atoms with Crippen LogP contribution in [0.1, 0.15) is 26.3 Å². The molecule has 10 heteroatoms. The van der Waals surface area contributed by atoms with Crippen molar-refractivity contribution in [3.05, 3.63) is 94.9 Å². The van der Waals surface area contributed by atoms with Crippen molar-refractivity contribution in [3.8, 4) is 0 Å². The molecular weight excluding hydrogens is 473 g/mol. The standard InChI is InChI=1S/C26H19F3N4O3/c27-17-4-1-15(2-5-17)26(35)31-18-12-19(24(29)20(28)13-18)25(34)16-3-6-21-22(11-16)32-23(14-30-21)33-7-9-36-10-8-33/h1-6,11-14H,7-10H2,(H,31,35). The number of hydrogen-bond acceptors (Lipinski definition) is 6. The number of halogens is 3. The van der Waals surface area contributed by atoms with Crippen molar-refractivity contribution in [3.63, 3.8) is 0 Å². The molecule has 0 unspecified atom stereocenters. The molecule has 0 aliphatic carbocycles. The minimum Gasteiger partial charge on any atom is -0.378 e. The van der Waals surface area contributed by atoms with Gasteiger partial charge in [-0.1, -0.05) is 0 Å². The third-order valence-corrected chi connectivity index (χ3v) is 5.76. The molecular formula is C26H19F3N4O3. The predicted octanol–water partition coefficient (Wildman–Crippen LogP) is 4.37. The lowest BCUT2D eigenvalue weighted by Gasteiger charge is -2.27. The second-order valence-corrected chi connectivity index (χ2v) is 8.14. The zero-order valence-electron chi connectivity index (χ0n) is 18.8. The van der Waals surface area contributed by atoms with Crippen molar-refractivity contribution in [2.75, 3.05) is 36.5 Å². The maximum absolute atomic E-state index is 14.6. The van der Waals surface area contributed by atoms with E-state index < -0.39 is 34.7 Å². The fourth-order valence-corrected chi connectivity index (χ4v) is 3.87. The Morgan fingerprint density at radius 2 is 1.61 bits per heavy atom. The largest absolute Gasteiger partial charge is 0.378 e. The molecule has 1 amide bonds. The van der Waals surface area contributed by atoms with E-state index in [1.54, 1.807) is 12.3 Å². The second kappa shape index (κ2) is 9.74. The smallest absolute Gasteiger partial charge is 0.255 e. The average molecular weight is 492 g/mol. The highest BCUT2D eigenvalue weighted by molar-refractivity contribution is 6.11. The number of hydrogen-bond donors (Lipinski definition) is 1. The molecule has 36 heavy (non-hydrogen) atoms. The van der Waals surface area contributed by atoms with Crippen LogP contribution in [0.25, 0.3) is 11.0 Å². The van der Waals surface area contributed by atoms with Crippen molar-refractivity contribution in [1.82, 2.24) is 9.97 Å². The van der Waals surface area contributed by atoms with Crippen molar-refractivity contribution < 1.29 is 27.5 Å². The van der Waals surface area contributed by atoms with E-state index in [0.29, 0.717) is 43.2 Å². The van der Waals surface area contributed by atoms with E-state index in [1.165, 1.54) is 24.3 Å². The molecule has 0 bridgehead atoms. The normalized spacial score (nSPS) is 13.6. The van der Waals surface area contributed by atoms with Gasteiger partial charge in [-0.2, -0.15) is 0 Å². The van der Waals surface area contributed by atoms with Gasteiger partial charge >= 0.3 is 0 Å². The average Bonchev–Trinajstić information content (AvgIpc) is 2.90. The van der Waals surface area contributed by atoms with E-state index >= 15 is 0 Å². The van der Waals surface area contributed by atoms with E-state index in [0.717, 1.165) is 24.3 Å². The third-order valence-electron chi connectivity index (χ3n) is 5.76. The first-order valence-electron chi connectivity index (χ1n) is 11.1. The van der Waals surface area contributed by atoms with E-state index in [4.69, 9.17) is 4.74 Å². The number of carbonyl (C=O) groups is 2. The predicted molar refractivity (Wildman–Crippen MR) is 127 cm³/mol. The van der Waals surface area contributed by atoms with Crippen LogP contribution in [-0.2, 0) is 4.74 Å². The number of ketones is 1. The number of morpholine rings is 1. The fraction of sp³-hybridized carbons (Fsp3) is 0.154. The summed E-state index contributed by atoms with van der Waals surface area (Å²) in [6.07, 6.45) is 1.64. The molecule has 1 fully saturated rings. The number of aromatic nitrogens is 2. The van der Waals surface area contributed by atoms with Crippen LogP contribution in [0, 0.1) is 17.5 Å². The summed E-state index contributed by atoms with van der Waals surface area (Å²) < 4.78 is 47.5. The summed E-state index contributed by atoms with van der Waals surface area (Å²) in [6.45, 7) is 2.44. The molecule has 1 N–H and O–H groups in total. The SMILES string of the molecule is O=C(Nc1cc(F)c(F)c(C(=O)c2ccc3ncc(N4CCOCC4)nc3c2)c1)c1ccc(F)cc1. The van der Waals surface area contributed by atoms with Crippen LogP contribution in [0.2, 0.25) is 0 Å². The van der Waals surface area contributed by atoms with Crippen LogP contribution in [0.4, 0.5) is 24.7 Å². The van der Waals surface area contributed by atoms with Gasteiger partial charge in [-0.05, 0) is 48.5 Å². The Labute approximate surface area is 203 Å². The molecule has 4 aromatic rings. The zero-order chi connectivity index (χ0) is 25.2. The topological polar surface area (TPSA) is 84.4 Å². The van der Waals surface area contributed by atoms with Gasteiger partial charge in [0, 0.05) is 36.0 Å². The van der Waals surface area contributed by atoms with Crippen LogP contribution >= 0.6 is 0 Å². The molecule has 0 atom stereocenters. The Balaban J connectivity index is 1.44.